The Morgan fingerprint density at radius 3 is 2.65 bits per heavy atom. The Labute approximate surface area is 119 Å². The van der Waals surface area contributed by atoms with Crippen molar-refractivity contribution < 1.29 is 19.6 Å². The van der Waals surface area contributed by atoms with Gasteiger partial charge < -0.3 is 10.4 Å². The molecule has 1 rings (SSSR count). The SMILES string of the molecule is O=C(O)CCCCNC(=O)c1cc([N+](=O)[O-])ccc1Cl. The molecule has 7 nitrogen and oxygen atoms in total. The van der Waals surface area contributed by atoms with Gasteiger partial charge in [0.1, 0.15) is 0 Å². The highest BCUT2D eigenvalue weighted by atomic mass is 35.5. The Kier molecular flexibility index (Phi) is 5.92. The molecular weight excluding hydrogens is 288 g/mol. The number of carboxylic acid groups (broad SMARTS) is 1. The maximum Gasteiger partial charge on any atom is 0.303 e. The molecule has 20 heavy (non-hydrogen) atoms. The lowest BCUT2D eigenvalue weighted by Crippen LogP contribution is -2.24. The smallest absolute Gasteiger partial charge is 0.303 e. The molecule has 1 amide bonds. The van der Waals surface area contributed by atoms with Gasteiger partial charge in [-0.15, -0.1) is 0 Å². The molecule has 0 unspecified atom stereocenters. The van der Waals surface area contributed by atoms with Crippen LogP contribution in [-0.4, -0.2) is 28.5 Å². The topological polar surface area (TPSA) is 110 Å². The third-order valence-corrected chi connectivity index (χ3v) is 2.84. The number of nitro benzene ring substituents is 1. The minimum Gasteiger partial charge on any atom is -0.481 e. The molecule has 1 aromatic rings. The zero-order valence-electron chi connectivity index (χ0n) is 10.5. The summed E-state index contributed by atoms with van der Waals surface area (Å²) >= 11 is 5.82. The number of nitro groups is 1. The van der Waals surface area contributed by atoms with E-state index in [2.05, 4.69) is 5.32 Å². The largest absolute Gasteiger partial charge is 0.481 e. The second-order valence-corrected chi connectivity index (χ2v) is 4.44. The number of nitrogens with zero attached hydrogens (tertiary/aromatic N) is 1. The number of benzene rings is 1. The first-order valence-corrected chi connectivity index (χ1v) is 6.23. The predicted molar refractivity (Wildman–Crippen MR) is 71.9 cm³/mol. The van der Waals surface area contributed by atoms with Crippen molar-refractivity contribution in [1.82, 2.24) is 5.32 Å². The number of non-ortho nitro benzene ring substituents is 1. The van der Waals surface area contributed by atoms with Gasteiger partial charge in [-0.3, -0.25) is 19.7 Å². The molecule has 0 bridgehead atoms. The van der Waals surface area contributed by atoms with Crippen molar-refractivity contribution >= 4 is 29.2 Å². The summed E-state index contributed by atoms with van der Waals surface area (Å²) < 4.78 is 0. The zero-order valence-corrected chi connectivity index (χ0v) is 11.2. The number of amides is 1. The molecule has 2 N–H and O–H groups in total. The quantitative estimate of drug-likeness (QED) is 0.456. The molecule has 1 aromatic carbocycles. The molecule has 0 saturated carbocycles. The maximum absolute atomic E-state index is 11.8. The fourth-order valence-corrected chi connectivity index (χ4v) is 1.70. The van der Waals surface area contributed by atoms with Crippen molar-refractivity contribution in [3.05, 3.63) is 38.9 Å². The van der Waals surface area contributed by atoms with E-state index in [0.717, 1.165) is 6.07 Å². The molecule has 0 atom stereocenters. The van der Waals surface area contributed by atoms with Crippen LogP contribution < -0.4 is 5.32 Å². The lowest BCUT2D eigenvalue weighted by Gasteiger charge is -2.06. The average molecular weight is 301 g/mol. The summed E-state index contributed by atoms with van der Waals surface area (Å²) in [6, 6.07) is 3.61. The number of nitrogens with one attached hydrogen (secondary N) is 1. The number of aliphatic carboxylic acids is 1. The van der Waals surface area contributed by atoms with Gasteiger partial charge in [0.25, 0.3) is 11.6 Å². The van der Waals surface area contributed by atoms with E-state index in [1.807, 2.05) is 0 Å². The minimum atomic E-state index is -0.891. The van der Waals surface area contributed by atoms with Gasteiger partial charge in [-0.1, -0.05) is 11.6 Å². The van der Waals surface area contributed by atoms with Crippen LogP contribution in [0.2, 0.25) is 5.02 Å². The van der Waals surface area contributed by atoms with Gasteiger partial charge in [0.15, 0.2) is 0 Å². The second-order valence-electron chi connectivity index (χ2n) is 4.03. The van der Waals surface area contributed by atoms with Crippen LogP contribution in [0.4, 0.5) is 5.69 Å². The summed E-state index contributed by atoms with van der Waals surface area (Å²) in [4.78, 5) is 32.1. The summed E-state index contributed by atoms with van der Waals surface area (Å²) in [5.41, 5.74) is -0.190. The van der Waals surface area contributed by atoms with E-state index in [4.69, 9.17) is 16.7 Å². The van der Waals surface area contributed by atoms with Crippen LogP contribution in [-0.2, 0) is 4.79 Å². The van der Waals surface area contributed by atoms with Crippen LogP contribution >= 0.6 is 11.6 Å². The van der Waals surface area contributed by atoms with Gasteiger partial charge in [0, 0.05) is 25.1 Å². The number of carbonyl (C=O) groups excluding carboxylic acids is 1. The first kappa shape index (κ1) is 15.9. The third kappa shape index (κ3) is 4.85. The van der Waals surface area contributed by atoms with E-state index in [1.165, 1.54) is 12.1 Å². The fourth-order valence-electron chi connectivity index (χ4n) is 1.50. The van der Waals surface area contributed by atoms with E-state index in [1.54, 1.807) is 0 Å². The van der Waals surface area contributed by atoms with E-state index in [0.29, 0.717) is 12.8 Å². The van der Waals surface area contributed by atoms with Crippen LogP contribution in [0.1, 0.15) is 29.6 Å². The fraction of sp³-hybridized carbons (Fsp3) is 0.333. The Hall–Kier alpha value is -2.15. The zero-order chi connectivity index (χ0) is 15.1. The van der Waals surface area contributed by atoms with E-state index >= 15 is 0 Å². The minimum absolute atomic E-state index is 0.0269. The molecule has 0 spiro atoms. The van der Waals surface area contributed by atoms with Gasteiger partial charge in [-0.25, -0.2) is 0 Å². The third-order valence-electron chi connectivity index (χ3n) is 2.51. The van der Waals surface area contributed by atoms with E-state index in [-0.39, 0.29) is 29.2 Å². The Morgan fingerprint density at radius 1 is 1.35 bits per heavy atom. The Morgan fingerprint density at radius 2 is 2.05 bits per heavy atom. The molecule has 0 heterocycles. The molecule has 108 valence electrons. The first-order chi connectivity index (χ1) is 9.41. The van der Waals surface area contributed by atoms with Crippen LogP contribution in [0.25, 0.3) is 0 Å². The highest BCUT2D eigenvalue weighted by molar-refractivity contribution is 6.33. The van der Waals surface area contributed by atoms with Crippen molar-refractivity contribution in [1.29, 1.82) is 0 Å². The van der Waals surface area contributed by atoms with Gasteiger partial charge in [-0.2, -0.15) is 0 Å². The maximum atomic E-state index is 11.8. The molecule has 0 saturated heterocycles. The standard InChI is InChI=1S/C12H13ClN2O5/c13-10-5-4-8(15(19)20)7-9(10)12(18)14-6-2-1-3-11(16)17/h4-5,7H,1-3,6H2,(H,14,18)(H,16,17). The molecule has 0 aliphatic heterocycles. The van der Waals surface area contributed by atoms with Crippen molar-refractivity contribution in [2.24, 2.45) is 0 Å². The molecule has 0 aliphatic carbocycles. The number of carboxylic acids is 1. The highest BCUT2D eigenvalue weighted by Crippen LogP contribution is 2.21. The summed E-state index contributed by atoms with van der Waals surface area (Å²) in [5, 5.41) is 21.7. The van der Waals surface area contributed by atoms with E-state index in [9.17, 15) is 19.7 Å². The second kappa shape index (κ2) is 7.44. The molecule has 0 aromatic heterocycles. The Bertz CT molecular complexity index is 533. The van der Waals surface area contributed by atoms with Crippen LogP contribution in [0, 0.1) is 10.1 Å². The van der Waals surface area contributed by atoms with E-state index < -0.39 is 16.8 Å². The lowest BCUT2D eigenvalue weighted by molar-refractivity contribution is -0.384. The number of unbranched alkanes of at least 4 members (excludes halogenated alkanes) is 1. The predicted octanol–water partition coefficient (Wildman–Crippen LogP) is 2.23. The number of hydrogen-bond acceptors (Lipinski definition) is 4. The number of rotatable bonds is 7. The lowest BCUT2D eigenvalue weighted by atomic mass is 10.2. The highest BCUT2D eigenvalue weighted by Gasteiger charge is 2.15. The molecular formula is C12H13ClN2O5. The van der Waals surface area contributed by atoms with Gasteiger partial charge >= 0.3 is 5.97 Å². The number of hydrogen-bond donors (Lipinski definition) is 2. The van der Waals surface area contributed by atoms with Crippen LogP contribution in [0.15, 0.2) is 18.2 Å². The number of halogens is 1. The molecule has 8 heteroatoms. The summed E-state index contributed by atoms with van der Waals surface area (Å²) in [6.45, 7) is 0.283. The van der Waals surface area contributed by atoms with Gasteiger partial charge in [0.2, 0.25) is 0 Å². The van der Waals surface area contributed by atoms with Crippen molar-refractivity contribution in [3.63, 3.8) is 0 Å². The summed E-state index contributed by atoms with van der Waals surface area (Å²) in [7, 11) is 0. The normalized spacial score (nSPS) is 10.1. The monoisotopic (exact) mass is 300 g/mol. The van der Waals surface area contributed by atoms with Gasteiger partial charge in [0.05, 0.1) is 15.5 Å². The van der Waals surface area contributed by atoms with Gasteiger partial charge in [-0.05, 0) is 18.9 Å². The average Bonchev–Trinajstić information content (AvgIpc) is 2.37. The summed E-state index contributed by atoms with van der Waals surface area (Å²) in [5.74, 6) is -1.41. The Balaban J connectivity index is 2.57. The van der Waals surface area contributed by atoms with Crippen molar-refractivity contribution in [2.45, 2.75) is 19.3 Å². The van der Waals surface area contributed by atoms with Crippen molar-refractivity contribution in [3.8, 4) is 0 Å². The molecule has 0 radical (unpaired) electrons. The molecule has 0 fully saturated rings. The van der Waals surface area contributed by atoms with Crippen molar-refractivity contribution in [2.75, 3.05) is 6.54 Å². The molecule has 0 aliphatic rings. The van der Waals surface area contributed by atoms with Crippen LogP contribution in [0.3, 0.4) is 0 Å². The van der Waals surface area contributed by atoms with Crippen LogP contribution in [0.5, 0.6) is 0 Å². The summed E-state index contributed by atoms with van der Waals surface area (Å²) in [6.07, 6.45) is 0.982. The first-order valence-electron chi connectivity index (χ1n) is 5.85. The number of carbonyl (C=O) groups is 2.